The molecule has 0 aromatic heterocycles. The van der Waals surface area contributed by atoms with Crippen molar-refractivity contribution >= 4 is 19.9 Å². The number of rotatable bonds is 10. The first-order valence-corrected chi connectivity index (χ1v) is 12.7. The summed E-state index contributed by atoms with van der Waals surface area (Å²) in [4.78, 5) is 2.34. The normalized spacial score (nSPS) is 13.1. The van der Waals surface area contributed by atoms with Crippen molar-refractivity contribution in [1.29, 1.82) is 0 Å². The van der Waals surface area contributed by atoms with Crippen LogP contribution in [0.2, 0.25) is 0 Å². The van der Waals surface area contributed by atoms with Crippen molar-refractivity contribution in [2.75, 3.05) is 39.0 Å². The molecule has 1 aromatic rings. The van der Waals surface area contributed by atoms with E-state index in [1.54, 1.807) is 19.9 Å². The van der Waals surface area contributed by atoms with Crippen molar-refractivity contribution in [1.82, 2.24) is 9.21 Å². The highest BCUT2D eigenvalue weighted by Gasteiger charge is 2.29. The maximum atomic E-state index is 13.4. The average molecular weight is 419 g/mol. The Hall–Kier alpha value is -0.960. The first kappa shape index (κ1) is 24.1. The first-order valence-electron chi connectivity index (χ1n) is 9.38. The maximum Gasteiger partial charge on any atom is 0.243 e. The number of aryl methyl sites for hydroxylation is 1. The van der Waals surface area contributed by atoms with E-state index in [0.717, 1.165) is 19.3 Å². The van der Waals surface area contributed by atoms with E-state index in [9.17, 15) is 16.8 Å². The molecule has 1 aromatic carbocycles. The van der Waals surface area contributed by atoms with Gasteiger partial charge in [0, 0.05) is 25.9 Å². The van der Waals surface area contributed by atoms with Crippen LogP contribution in [0.4, 0.5) is 0 Å². The van der Waals surface area contributed by atoms with Crippen LogP contribution in [0.5, 0.6) is 0 Å². The molecule has 0 amide bonds. The Morgan fingerprint density at radius 3 is 1.89 bits per heavy atom. The molecule has 0 saturated heterocycles. The Morgan fingerprint density at radius 1 is 0.926 bits per heavy atom. The molecule has 1 rings (SSSR count). The zero-order valence-corrected chi connectivity index (χ0v) is 19.2. The predicted octanol–water partition coefficient (Wildman–Crippen LogP) is 2.70. The van der Waals surface area contributed by atoms with E-state index in [1.165, 1.54) is 10.4 Å². The third kappa shape index (κ3) is 6.27. The van der Waals surface area contributed by atoms with Gasteiger partial charge in [-0.25, -0.2) is 16.8 Å². The molecule has 0 N–H and O–H groups in total. The number of hydrogen-bond donors (Lipinski definition) is 0. The van der Waals surface area contributed by atoms with Gasteiger partial charge >= 0.3 is 0 Å². The molecule has 0 saturated carbocycles. The fourth-order valence-corrected chi connectivity index (χ4v) is 6.15. The fourth-order valence-electron chi connectivity index (χ4n) is 3.09. The van der Waals surface area contributed by atoms with Gasteiger partial charge in [0.1, 0.15) is 0 Å². The zero-order chi connectivity index (χ0) is 21.0. The highest BCUT2D eigenvalue weighted by Crippen LogP contribution is 2.28. The average Bonchev–Trinajstić information content (AvgIpc) is 2.54. The highest BCUT2D eigenvalue weighted by atomic mass is 32.2. The lowest BCUT2D eigenvalue weighted by Crippen LogP contribution is -2.40. The Morgan fingerprint density at radius 2 is 1.44 bits per heavy atom. The van der Waals surface area contributed by atoms with Gasteiger partial charge < -0.3 is 4.90 Å². The number of benzene rings is 1. The van der Waals surface area contributed by atoms with Gasteiger partial charge in [-0.2, -0.15) is 4.31 Å². The second kappa shape index (κ2) is 9.49. The number of sulfonamides is 1. The Labute approximate surface area is 165 Å². The van der Waals surface area contributed by atoms with Crippen LogP contribution in [0.1, 0.15) is 38.8 Å². The Kier molecular flexibility index (Phi) is 8.47. The second-order valence-electron chi connectivity index (χ2n) is 7.44. The minimum absolute atomic E-state index is 0.0781. The lowest BCUT2D eigenvalue weighted by Gasteiger charge is -2.28. The van der Waals surface area contributed by atoms with Gasteiger partial charge in [0.15, 0.2) is 9.84 Å². The van der Waals surface area contributed by atoms with E-state index in [4.69, 9.17) is 0 Å². The van der Waals surface area contributed by atoms with Crippen molar-refractivity contribution in [2.24, 2.45) is 5.92 Å². The van der Waals surface area contributed by atoms with E-state index < -0.39 is 19.9 Å². The molecule has 6 nitrogen and oxygen atoms in total. The van der Waals surface area contributed by atoms with Gasteiger partial charge in [-0.15, -0.1) is 0 Å². The van der Waals surface area contributed by atoms with Crippen LogP contribution in [0.25, 0.3) is 0 Å². The molecule has 0 heterocycles. The molecule has 0 radical (unpaired) electrons. The van der Waals surface area contributed by atoms with Crippen LogP contribution in [0.15, 0.2) is 21.9 Å². The smallest absolute Gasteiger partial charge is 0.243 e. The first-order chi connectivity index (χ1) is 12.3. The zero-order valence-electron chi connectivity index (χ0n) is 17.6. The number of hydrogen-bond acceptors (Lipinski definition) is 5. The standard InChI is InChI=1S/C19H34N2O4S2/c1-8-20(9-2)10-11-21(14-15(3)4)27(24,25)19-13-16(5)12-18(17(19)6)26(7,22)23/h12-13,15H,8-11,14H2,1-7H3. The summed E-state index contributed by atoms with van der Waals surface area (Å²) in [6, 6.07) is 3.11. The molecule has 0 aliphatic rings. The summed E-state index contributed by atoms with van der Waals surface area (Å²) >= 11 is 0. The van der Waals surface area contributed by atoms with Crippen molar-refractivity contribution in [2.45, 2.75) is 51.3 Å². The molecule has 0 atom stereocenters. The van der Waals surface area contributed by atoms with Crippen LogP contribution in [-0.2, 0) is 19.9 Å². The molecule has 156 valence electrons. The van der Waals surface area contributed by atoms with Crippen LogP contribution in [0, 0.1) is 19.8 Å². The molecule has 27 heavy (non-hydrogen) atoms. The SMILES string of the molecule is CCN(CC)CCN(CC(C)C)S(=O)(=O)c1cc(C)cc(S(C)(=O)=O)c1C. The molecule has 0 aliphatic heterocycles. The predicted molar refractivity (Wildman–Crippen MR) is 110 cm³/mol. The Balaban J connectivity index is 3.44. The summed E-state index contributed by atoms with van der Waals surface area (Å²) in [6.45, 7) is 14.5. The molecule has 0 fully saturated rings. The minimum Gasteiger partial charge on any atom is -0.303 e. The lowest BCUT2D eigenvalue weighted by molar-refractivity contribution is 0.262. The minimum atomic E-state index is -3.80. The third-order valence-corrected chi connectivity index (χ3v) is 7.82. The molecule has 8 heteroatoms. The summed E-state index contributed by atoms with van der Waals surface area (Å²) in [5, 5.41) is 0. The van der Waals surface area contributed by atoms with Gasteiger partial charge in [-0.05, 0) is 56.1 Å². The van der Waals surface area contributed by atoms with Crippen molar-refractivity contribution in [3.63, 3.8) is 0 Å². The lowest BCUT2D eigenvalue weighted by atomic mass is 10.2. The largest absolute Gasteiger partial charge is 0.303 e. The summed E-state index contributed by atoms with van der Waals surface area (Å²) in [6.07, 6.45) is 1.11. The monoisotopic (exact) mass is 418 g/mol. The van der Waals surface area contributed by atoms with Gasteiger partial charge in [-0.1, -0.05) is 27.7 Å². The molecule has 0 aliphatic carbocycles. The van der Waals surface area contributed by atoms with Crippen LogP contribution in [-0.4, -0.2) is 65.0 Å². The summed E-state index contributed by atoms with van der Waals surface area (Å²) in [5.74, 6) is 0.163. The van der Waals surface area contributed by atoms with Gasteiger partial charge in [-0.3, -0.25) is 0 Å². The maximum absolute atomic E-state index is 13.4. The van der Waals surface area contributed by atoms with E-state index in [1.807, 2.05) is 27.7 Å². The summed E-state index contributed by atoms with van der Waals surface area (Å²) in [7, 11) is -7.31. The molecular weight excluding hydrogens is 384 g/mol. The van der Waals surface area contributed by atoms with Crippen LogP contribution >= 0.6 is 0 Å². The number of likely N-dealkylation sites (N-methyl/N-ethyl adjacent to an activating group) is 1. The van der Waals surface area contributed by atoms with Crippen molar-refractivity contribution in [3.8, 4) is 0 Å². The van der Waals surface area contributed by atoms with Crippen LogP contribution < -0.4 is 0 Å². The molecule has 0 bridgehead atoms. The van der Waals surface area contributed by atoms with Gasteiger partial charge in [0.05, 0.1) is 9.79 Å². The van der Waals surface area contributed by atoms with E-state index in [2.05, 4.69) is 4.90 Å². The number of nitrogens with zero attached hydrogens (tertiary/aromatic N) is 2. The second-order valence-corrected chi connectivity index (χ2v) is 11.3. The van der Waals surface area contributed by atoms with E-state index >= 15 is 0 Å². The van der Waals surface area contributed by atoms with Crippen molar-refractivity contribution < 1.29 is 16.8 Å². The molecule has 0 unspecified atom stereocenters. The quantitative estimate of drug-likeness (QED) is 0.584. The third-order valence-electron chi connectivity index (χ3n) is 4.60. The van der Waals surface area contributed by atoms with Crippen molar-refractivity contribution in [3.05, 3.63) is 23.3 Å². The summed E-state index contributed by atoms with van der Waals surface area (Å²) < 4.78 is 52.6. The van der Waals surface area contributed by atoms with E-state index in [0.29, 0.717) is 30.8 Å². The fraction of sp³-hybridized carbons (Fsp3) is 0.684. The molecule has 0 spiro atoms. The van der Waals surface area contributed by atoms with E-state index in [-0.39, 0.29) is 15.7 Å². The van der Waals surface area contributed by atoms with Gasteiger partial charge in [0.25, 0.3) is 0 Å². The van der Waals surface area contributed by atoms with Crippen LogP contribution in [0.3, 0.4) is 0 Å². The Bertz CT molecular complexity index is 843. The molecular formula is C19H34N2O4S2. The van der Waals surface area contributed by atoms with Gasteiger partial charge in [0.2, 0.25) is 10.0 Å². The highest BCUT2D eigenvalue weighted by molar-refractivity contribution is 7.91. The topological polar surface area (TPSA) is 74.8 Å². The summed E-state index contributed by atoms with van der Waals surface area (Å²) in [5.41, 5.74) is 0.910. The number of sulfone groups is 1.